The third-order valence-electron chi connectivity index (χ3n) is 3.89. The van der Waals surface area contributed by atoms with Gasteiger partial charge in [0.1, 0.15) is 5.75 Å². The minimum atomic E-state index is -0.530. The summed E-state index contributed by atoms with van der Waals surface area (Å²) in [6.07, 6.45) is 0.445. The van der Waals surface area contributed by atoms with Gasteiger partial charge < -0.3 is 9.47 Å². The van der Waals surface area contributed by atoms with Crippen LogP contribution in [0.4, 0.5) is 0 Å². The largest absolute Gasteiger partial charge is 0.483 e. The zero-order valence-electron chi connectivity index (χ0n) is 16.1. The second kappa shape index (κ2) is 11.7. The van der Waals surface area contributed by atoms with Crippen LogP contribution in [0, 0.1) is 6.92 Å². The number of aryl methyl sites for hydroxylation is 1. The fraction of sp³-hybridized carbons (Fsp3) is 0.286. The van der Waals surface area contributed by atoms with E-state index < -0.39 is 17.8 Å². The lowest BCUT2D eigenvalue weighted by molar-refractivity contribution is -0.145. The second-order valence-electron chi connectivity index (χ2n) is 6.25. The third kappa shape index (κ3) is 8.66. The van der Waals surface area contributed by atoms with Crippen molar-refractivity contribution in [2.24, 2.45) is 0 Å². The lowest BCUT2D eigenvalue weighted by Gasteiger charge is -2.10. The van der Waals surface area contributed by atoms with Crippen molar-refractivity contribution in [1.82, 2.24) is 10.9 Å². The number of carbonyl (C=O) groups is 3. The van der Waals surface area contributed by atoms with Gasteiger partial charge in [0.15, 0.2) is 6.61 Å². The number of rotatable bonds is 9. The van der Waals surface area contributed by atoms with Crippen molar-refractivity contribution in [3.8, 4) is 5.75 Å². The molecule has 0 unspecified atom stereocenters. The van der Waals surface area contributed by atoms with E-state index >= 15 is 0 Å². The van der Waals surface area contributed by atoms with E-state index in [9.17, 15) is 14.4 Å². The van der Waals surface area contributed by atoms with Crippen LogP contribution in [0.3, 0.4) is 0 Å². The van der Waals surface area contributed by atoms with Crippen molar-refractivity contribution in [3.05, 3.63) is 64.7 Å². The van der Waals surface area contributed by atoms with Crippen molar-refractivity contribution < 1.29 is 23.9 Å². The van der Waals surface area contributed by atoms with Gasteiger partial charge in [-0.2, -0.15) is 0 Å². The first-order chi connectivity index (χ1) is 13.9. The minimum Gasteiger partial charge on any atom is -0.483 e. The number of halogens is 1. The van der Waals surface area contributed by atoms with Gasteiger partial charge >= 0.3 is 5.97 Å². The Balaban J connectivity index is 1.57. The quantitative estimate of drug-likeness (QED) is 0.482. The Morgan fingerprint density at radius 2 is 1.69 bits per heavy atom. The molecule has 7 nitrogen and oxygen atoms in total. The molecule has 2 aromatic rings. The molecule has 2 N–H and O–H groups in total. The highest BCUT2D eigenvalue weighted by atomic mass is 35.5. The molecule has 0 aliphatic carbocycles. The number of nitrogens with one attached hydrogen (secondary N) is 2. The molecule has 0 fully saturated rings. The number of benzene rings is 2. The van der Waals surface area contributed by atoms with Crippen LogP contribution in [-0.4, -0.2) is 31.0 Å². The van der Waals surface area contributed by atoms with Gasteiger partial charge in [0.05, 0.1) is 13.0 Å². The number of hydrogen-bond donors (Lipinski definition) is 2. The summed E-state index contributed by atoms with van der Waals surface area (Å²) in [5, 5.41) is 0.574. The molecule has 2 aromatic carbocycles. The van der Waals surface area contributed by atoms with E-state index in [1.165, 1.54) is 0 Å². The zero-order valence-corrected chi connectivity index (χ0v) is 16.8. The van der Waals surface area contributed by atoms with Gasteiger partial charge in [-0.3, -0.25) is 25.2 Å². The maximum atomic E-state index is 11.7. The van der Waals surface area contributed by atoms with E-state index in [-0.39, 0.29) is 26.1 Å². The number of ether oxygens (including phenoxy) is 2. The van der Waals surface area contributed by atoms with E-state index in [1.807, 2.05) is 30.3 Å². The SMILES string of the molecule is Cc1cc(Cl)ccc1OCC(=O)NNC(=O)CCC(=O)OCCc1ccccc1. The summed E-state index contributed by atoms with van der Waals surface area (Å²) in [5.74, 6) is -0.975. The molecule has 29 heavy (non-hydrogen) atoms. The van der Waals surface area contributed by atoms with E-state index in [2.05, 4.69) is 10.9 Å². The fourth-order valence-electron chi connectivity index (χ4n) is 2.37. The highest BCUT2D eigenvalue weighted by Crippen LogP contribution is 2.21. The summed E-state index contributed by atoms with van der Waals surface area (Å²) in [7, 11) is 0. The highest BCUT2D eigenvalue weighted by molar-refractivity contribution is 6.30. The van der Waals surface area contributed by atoms with Gasteiger partial charge in [0.25, 0.3) is 5.91 Å². The smallest absolute Gasteiger partial charge is 0.306 e. The molecule has 2 rings (SSSR count). The molecular formula is C21H23ClN2O5. The van der Waals surface area contributed by atoms with E-state index in [4.69, 9.17) is 21.1 Å². The van der Waals surface area contributed by atoms with Crippen LogP contribution in [0.5, 0.6) is 5.75 Å². The molecule has 0 heterocycles. The number of carbonyl (C=O) groups excluding carboxylic acids is 3. The van der Waals surface area contributed by atoms with Crippen molar-refractivity contribution in [3.63, 3.8) is 0 Å². The van der Waals surface area contributed by atoms with Crippen LogP contribution in [0.1, 0.15) is 24.0 Å². The normalized spacial score (nSPS) is 10.1. The third-order valence-corrected chi connectivity index (χ3v) is 4.12. The predicted molar refractivity (Wildman–Crippen MR) is 108 cm³/mol. The van der Waals surface area contributed by atoms with Crippen LogP contribution in [0.2, 0.25) is 5.02 Å². The Morgan fingerprint density at radius 1 is 0.966 bits per heavy atom. The molecule has 0 saturated carbocycles. The van der Waals surface area contributed by atoms with Crippen molar-refractivity contribution in [2.75, 3.05) is 13.2 Å². The standard InChI is InChI=1S/C21H23ClN2O5/c1-15-13-17(22)7-8-18(15)29-14-20(26)24-23-19(25)9-10-21(27)28-12-11-16-5-3-2-4-6-16/h2-8,13H,9-12,14H2,1H3,(H,23,25)(H,24,26). The molecule has 0 aromatic heterocycles. The van der Waals surface area contributed by atoms with Gasteiger partial charge in [-0.25, -0.2) is 0 Å². The zero-order chi connectivity index (χ0) is 21.1. The van der Waals surface area contributed by atoms with Gasteiger partial charge in [-0.15, -0.1) is 0 Å². The topological polar surface area (TPSA) is 93.7 Å². The first-order valence-electron chi connectivity index (χ1n) is 9.10. The molecule has 0 saturated heterocycles. The first kappa shape index (κ1) is 22.2. The molecule has 0 bridgehead atoms. The van der Waals surface area contributed by atoms with E-state index in [0.717, 1.165) is 11.1 Å². The minimum absolute atomic E-state index is 0.0725. The number of amides is 2. The van der Waals surface area contributed by atoms with Gasteiger partial charge in [0, 0.05) is 17.9 Å². The number of hydrogen-bond acceptors (Lipinski definition) is 5. The molecular weight excluding hydrogens is 396 g/mol. The molecule has 0 radical (unpaired) electrons. The average Bonchev–Trinajstić information content (AvgIpc) is 2.71. The Bertz CT molecular complexity index is 842. The Labute approximate surface area is 174 Å². The van der Waals surface area contributed by atoms with Crippen molar-refractivity contribution in [2.45, 2.75) is 26.2 Å². The molecule has 0 spiro atoms. The van der Waals surface area contributed by atoms with Gasteiger partial charge in [-0.1, -0.05) is 41.9 Å². The summed E-state index contributed by atoms with van der Waals surface area (Å²) < 4.78 is 10.5. The Hall–Kier alpha value is -3.06. The molecule has 0 atom stereocenters. The maximum absolute atomic E-state index is 11.7. The molecule has 154 valence electrons. The molecule has 8 heteroatoms. The van der Waals surface area contributed by atoms with Crippen LogP contribution >= 0.6 is 11.6 Å². The highest BCUT2D eigenvalue weighted by Gasteiger charge is 2.10. The van der Waals surface area contributed by atoms with Gasteiger partial charge in [0.2, 0.25) is 5.91 Å². The molecule has 0 aliphatic heterocycles. The van der Waals surface area contributed by atoms with Crippen LogP contribution in [0.25, 0.3) is 0 Å². The average molecular weight is 419 g/mol. The predicted octanol–water partition coefficient (Wildman–Crippen LogP) is 2.74. The van der Waals surface area contributed by atoms with Gasteiger partial charge in [-0.05, 0) is 36.2 Å². The summed E-state index contributed by atoms with van der Waals surface area (Å²) >= 11 is 5.86. The van der Waals surface area contributed by atoms with E-state index in [1.54, 1.807) is 25.1 Å². The van der Waals surface area contributed by atoms with Crippen LogP contribution in [-0.2, 0) is 25.5 Å². The lowest BCUT2D eigenvalue weighted by atomic mass is 10.2. The monoisotopic (exact) mass is 418 g/mol. The van der Waals surface area contributed by atoms with Crippen molar-refractivity contribution >= 4 is 29.4 Å². The summed E-state index contributed by atoms with van der Waals surface area (Å²) in [5.41, 5.74) is 6.32. The Morgan fingerprint density at radius 3 is 2.41 bits per heavy atom. The maximum Gasteiger partial charge on any atom is 0.306 e. The van der Waals surface area contributed by atoms with Crippen LogP contribution < -0.4 is 15.6 Å². The number of esters is 1. The Kier molecular flexibility index (Phi) is 8.98. The number of hydrazine groups is 1. The summed E-state index contributed by atoms with van der Waals surface area (Å²) in [4.78, 5) is 35.1. The van der Waals surface area contributed by atoms with E-state index in [0.29, 0.717) is 17.2 Å². The molecule has 2 amide bonds. The second-order valence-corrected chi connectivity index (χ2v) is 6.69. The fourth-order valence-corrected chi connectivity index (χ4v) is 2.60. The molecule has 0 aliphatic rings. The summed E-state index contributed by atoms with van der Waals surface area (Å²) in [6.45, 7) is 1.78. The van der Waals surface area contributed by atoms with Crippen LogP contribution in [0.15, 0.2) is 48.5 Å². The van der Waals surface area contributed by atoms with Crippen molar-refractivity contribution in [1.29, 1.82) is 0 Å². The lowest BCUT2D eigenvalue weighted by Crippen LogP contribution is -2.43. The summed E-state index contributed by atoms with van der Waals surface area (Å²) in [6, 6.07) is 14.7. The first-order valence-corrected chi connectivity index (χ1v) is 9.48.